The third-order valence-electron chi connectivity index (χ3n) is 11.0. The number of thiazole rings is 1. The monoisotopic (exact) mass is 899 g/mol. The zero-order chi connectivity index (χ0) is 45.6. The van der Waals surface area contributed by atoms with E-state index in [9.17, 15) is 24.0 Å². The summed E-state index contributed by atoms with van der Waals surface area (Å²) in [6.45, 7) is 6.19. The number of oxime groups is 1. The van der Waals surface area contributed by atoms with Crippen LogP contribution in [-0.2, 0) is 33.4 Å². The molecule has 16 nitrogen and oxygen atoms in total. The normalized spacial score (nSPS) is 17.1. The number of fused-ring (bicyclic) bond motifs is 3. The molecule has 0 unspecified atom stereocenters. The van der Waals surface area contributed by atoms with Crippen molar-refractivity contribution in [2.45, 2.75) is 68.9 Å². The van der Waals surface area contributed by atoms with Crippen LogP contribution in [0.4, 0.5) is 14.7 Å². The molecule has 2 heterocycles. The second kappa shape index (κ2) is 19.3. The Hall–Kier alpha value is -7.11. The van der Waals surface area contributed by atoms with Gasteiger partial charge < -0.3 is 40.3 Å². The molecule has 5 aromatic rings. The molecule has 8 rings (SSSR count). The van der Waals surface area contributed by atoms with Gasteiger partial charge in [0.15, 0.2) is 16.9 Å². The summed E-state index contributed by atoms with van der Waals surface area (Å²) < 4.78 is 17.0. The summed E-state index contributed by atoms with van der Waals surface area (Å²) in [7, 11) is 0. The highest BCUT2D eigenvalue weighted by molar-refractivity contribution is 7.14. The summed E-state index contributed by atoms with van der Waals surface area (Å²) in [5.41, 5.74) is 3.47. The topological polar surface area (TPSA) is 208 Å². The summed E-state index contributed by atoms with van der Waals surface area (Å²) in [6, 6.07) is 33.3. The molecule has 5 N–H and O–H groups in total. The van der Waals surface area contributed by atoms with E-state index in [0.717, 1.165) is 44.7 Å². The van der Waals surface area contributed by atoms with Gasteiger partial charge in [0.25, 0.3) is 5.91 Å². The van der Waals surface area contributed by atoms with Crippen LogP contribution in [0.5, 0.6) is 0 Å². The number of alkyl carbamates (subject to hydrolysis) is 1. The van der Waals surface area contributed by atoms with Crippen molar-refractivity contribution in [3.05, 3.63) is 143 Å². The van der Waals surface area contributed by atoms with Crippen LogP contribution in [0.25, 0.3) is 11.1 Å². The van der Waals surface area contributed by atoms with Gasteiger partial charge in [0.05, 0.1) is 6.04 Å². The van der Waals surface area contributed by atoms with Crippen LogP contribution < -0.4 is 26.6 Å². The van der Waals surface area contributed by atoms with Gasteiger partial charge in [0.2, 0.25) is 11.5 Å². The average Bonchev–Trinajstić information content (AvgIpc) is 3.85. The maximum absolute atomic E-state index is 14.0. The maximum Gasteiger partial charge on any atom is 0.413 e. The van der Waals surface area contributed by atoms with E-state index in [-0.39, 0.29) is 55.0 Å². The van der Waals surface area contributed by atoms with Crippen LogP contribution >= 0.6 is 11.3 Å². The quantitative estimate of drug-likeness (QED) is 0.0178. The highest BCUT2D eigenvalue weighted by atomic mass is 32.1. The van der Waals surface area contributed by atoms with Gasteiger partial charge in [0.1, 0.15) is 23.9 Å². The molecule has 1 saturated carbocycles. The predicted octanol–water partition coefficient (Wildman–Crippen LogP) is 6.19. The number of anilines is 1. The zero-order valence-electron chi connectivity index (χ0n) is 36.0. The van der Waals surface area contributed by atoms with Crippen LogP contribution in [0, 0.1) is 0 Å². The van der Waals surface area contributed by atoms with Gasteiger partial charge >= 0.3 is 18.2 Å². The van der Waals surface area contributed by atoms with Gasteiger partial charge in [-0.3, -0.25) is 14.9 Å². The fraction of sp³-hybridized carbons (Fsp3) is 0.312. The third kappa shape index (κ3) is 10.6. The standard InChI is InChI=1S/C48H49N7O9S/c1-47(2,3)63-46(60)54-44-52-37(28-65-44)39(55-64-48(22-23-48)43(58)62-40(29-14-6-4-7-15-29)30-16-8-5-9-17-30)42(57)53-38-36(51-41(38)56)26-49-24-25-50-45(59)61-27-35-33-20-12-10-18-31(33)32-19-11-13-21-34(32)35/h4-21,28,35-36,38,40,49H,22-27H2,1-3H3,(H,50,59)(H,51,56)(H,53,57)(H,52,54,60)/t36-,38+/m1/s1. The van der Waals surface area contributed by atoms with Gasteiger partial charge in [0, 0.05) is 43.8 Å². The van der Waals surface area contributed by atoms with E-state index in [1.165, 1.54) is 5.38 Å². The molecule has 336 valence electrons. The lowest BCUT2D eigenvalue weighted by atomic mass is 9.98. The van der Waals surface area contributed by atoms with E-state index in [0.29, 0.717) is 6.54 Å². The fourth-order valence-corrected chi connectivity index (χ4v) is 8.24. The number of amides is 4. The van der Waals surface area contributed by atoms with Crippen molar-refractivity contribution in [2.24, 2.45) is 5.16 Å². The number of esters is 1. The van der Waals surface area contributed by atoms with Crippen LogP contribution in [0.15, 0.2) is 120 Å². The highest BCUT2D eigenvalue weighted by Crippen LogP contribution is 2.45. The highest BCUT2D eigenvalue weighted by Gasteiger charge is 2.56. The van der Waals surface area contributed by atoms with Crippen molar-refractivity contribution in [1.82, 2.24) is 26.3 Å². The van der Waals surface area contributed by atoms with E-state index in [1.807, 2.05) is 84.9 Å². The van der Waals surface area contributed by atoms with Crippen LogP contribution in [0.2, 0.25) is 0 Å². The molecule has 2 atom stereocenters. The second-order valence-electron chi connectivity index (χ2n) is 16.8. The predicted molar refractivity (Wildman–Crippen MR) is 242 cm³/mol. The van der Waals surface area contributed by atoms with Crippen molar-refractivity contribution < 1.29 is 43.0 Å². The van der Waals surface area contributed by atoms with Gasteiger partial charge in [-0.15, -0.1) is 11.3 Å². The summed E-state index contributed by atoms with van der Waals surface area (Å²) in [5.74, 6) is -1.96. The molecule has 17 heteroatoms. The Morgan fingerprint density at radius 2 is 1.46 bits per heavy atom. The van der Waals surface area contributed by atoms with Gasteiger partial charge in [-0.1, -0.05) is 114 Å². The first-order valence-corrected chi connectivity index (χ1v) is 22.2. The lowest BCUT2D eigenvalue weighted by Gasteiger charge is -2.37. The number of carbonyl (C=O) groups is 5. The van der Waals surface area contributed by atoms with Crippen molar-refractivity contribution in [3.63, 3.8) is 0 Å². The van der Waals surface area contributed by atoms with Crippen molar-refractivity contribution in [2.75, 3.05) is 31.6 Å². The molecule has 4 amide bonds. The first-order valence-electron chi connectivity index (χ1n) is 21.3. The molecule has 1 saturated heterocycles. The number of aromatic nitrogens is 1. The average molecular weight is 900 g/mol. The lowest BCUT2D eigenvalue weighted by molar-refractivity contribution is -0.164. The minimum atomic E-state index is -1.48. The minimum Gasteiger partial charge on any atom is -0.450 e. The van der Waals surface area contributed by atoms with E-state index >= 15 is 0 Å². The summed E-state index contributed by atoms with van der Waals surface area (Å²) in [5, 5.41) is 19.8. The van der Waals surface area contributed by atoms with Gasteiger partial charge in [-0.25, -0.2) is 19.4 Å². The van der Waals surface area contributed by atoms with E-state index in [1.54, 1.807) is 20.8 Å². The third-order valence-corrected chi connectivity index (χ3v) is 11.7. The number of carbonyl (C=O) groups excluding carboxylic acids is 5. The Kier molecular flexibility index (Phi) is 13.2. The molecule has 2 fully saturated rings. The molecular weight excluding hydrogens is 851 g/mol. The number of β-lactam (4-membered cyclic amide) rings is 1. The molecule has 65 heavy (non-hydrogen) atoms. The summed E-state index contributed by atoms with van der Waals surface area (Å²) in [4.78, 5) is 76.1. The van der Waals surface area contributed by atoms with E-state index in [4.69, 9.17) is 19.0 Å². The van der Waals surface area contributed by atoms with Crippen LogP contribution in [0.3, 0.4) is 0 Å². The molecule has 0 radical (unpaired) electrons. The first kappa shape index (κ1) is 44.5. The Bertz CT molecular complexity index is 2490. The fourth-order valence-electron chi connectivity index (χ4n) is 7.56. The second-order valence-corrected chi connectivity index (χ2v) is 17.7. The van der Waals surface area contributed by atoms with E-state index < -0.39 is 59.4 Å². The van der Waals surface area contributed by atoms with Gasteiger partial charge in [-0.05, 0) is 54.2 Å². The summed E-state index contributed by atoms with van der Waals surface area (Å²) >= 11 is 1.01. The number of nitrogens with one attached hydrogen (secondary N) is 5. The molecule has 1 aliphatic heterocycles. The number of nitrogens with zero attached hydrogens (tertiary/aromatic N) is 2. The Balaban J connectivity index is 0.881. The number of benzene rings is 4. The lowest BCUT2D eigenvalue weighted by Crippen LogP contribution is -2.72. The van der Waals surface area contributed by atoms with Crippen LogP contribution in [-0.4, -0.2) is 90.2 Å². The zero-order valence-corrected chi connectivity index (χ0v) is 36.8. The molecule has 0 bridgehead atoms. The van der Waals surface area contributed by atoms with Crippen molar-refractivity contribution >= 4 is 52.2 Å². The largest absolute Gasteiger partial charge is 0.450 e. The van der Waals surface area contributed by atoms with Crippen molar-refractivity contribution in [1.29, 1.82) is 0 Å². The SMILES string of the molecule is CC(C)(C)OC(=O)Nc1nc(C(=NOC2(C(=O)OC(c3ccccc3)c3ccccc3)CC2)C(=O)N[C@@H]2C(=O)N[C@@H]2CNCCNC(=O)OCC2c3ccccc3-c3ccccc32)cs1. The van der Waals surface area contributed by atoms with E-state index in [2.05, 4.69) is 61.0 Å². The number of rotatable bonds is 17. The molecule has 2 aliphatic carbocycles. The number of ether oxygens (including phenoxy) is 3. The Morgan fingerprint density at radius 3 is 2.06 bits per heavy atom. The number of hydrogen-bond donors (Lipinski definition) is 5. The maximum atomic E-state index is 14.0. The van der Waals surface area contributed by atoms with Crippen molar-refractivity contribution in [3.8, 4) is 11.1 Å². The molecule has 1 aromatic heterocycles. The minimum absolute atomic E-state index is 0.0166. The van der Waals surface area contributed by atoms with Crippen LogP contribution in [0.1, 0.15) is 73.6 Å². The molecular formula is C48H49N7O9S. The Morgan fingerprint density at radius 1 is 0.846 bits per heavy atom. The van der Waals surface area contributed by atoms with Gasteiger partial charge in [-0.2, -0.15) is 0 Å². The number of hydrogen-bond acceptors (Lipinski definition) is 13. The molecule has 0 spiro atoms. The first-order chi connectivity index (χ1) is 31.4. The Labute approximate surface area is 379 Å². The molecule has 4 aromatic carbocycles. The molecule has 3 aliphatic rings. The smallest absolute Gasteiger partial charge is 0.413 e. The summed E-state index contributed by atoms with van der Waals surface area (Å²) in [6.07, 6.45) is -1.48.